The van der Waals surface area contributed by atoms with Gasteiger partial charge in [0.05, 0.1) is 22.9 Å². The lowest BCUT2D eigenvalue weighted by Gasteiger charge is -2.23. The van der Waals surface area contributed by atoms with Crippen LogP contribution in [0.2, 0.25) is 0 Å². The number of nitrogens with zero attached hydrogens (tertiary/aromatic N) is 2. The van der Waals surface area contributed by atoms with Gasteiger partial charge in [0.2, 0.25) is 0 Å². The first-order chi connectivity index (χ1) is 14.9. The van der Waals surface area contributed by atoms with E-state index >= 15 is 0 Å². The molecule has 3 aromatic rings. The lowest BCUT2D eigenvalue weighted by molar-refractivity contribution is -0.120. The molecule has 4 rings (SSSR count). The number of rotatable bonds is 7. The van der Waals surface area contributed by atoms with Gasteiger partial charge in [0.25, 0.3) is 5.91 Å². The van der Waals surface area contributed by atoms with Crippen LogP contribution in [0.5, 0.6) is 5.75 Å². The molecular weight excluding hydrogens is 408 g/mol. The molecule has 0 N–H and O–H groups in total. The summed E-state index contributed by atoms with van der Waals surface area (Å²) in [6.45, 7) is 9.69. The van der Waals surface area contributed by atoms with E-state index in [0.29, 0.717) is 23.3 Å². The molecule has 2 heterocycles. The molecule has 2 aromatic carbocycles. The molecule has 1 aromatic heterocycles. The summed E-state index contributed by atoms with van der Waals surface area (Å²) in [5.74, 6) is 1.06. The molecule has 0 aliphatic carbocycles. The Balaban J connectivity index is 1.55. The molecular formula is C25H30N2O3S. The maximum atomic E-state index is 13.2. The third-order valence-electron chi connectivity index (χ3n) is 5.78. The van der Waals surface area contributed by atoms with Gasteiger partial charge in [0, 0.05) is 6.61 Å². The average Bonchev–Trinajstić information content (AvgIpc) is 3.44. The minimum absolute atomic E-state index is 0.0262. The Bertz CT molecular complexity index is 1010. The maximum Gasteiger partial charge on any atom is 0.266 e. The molecule has 31 heavy (non-hydrogen) atoms. The molecule has 6 heteroatoms. The number of hydrogen-bond acceptors (Lipinski definition) is 5. The number of ether oxygens (including phenoxy) is 2. The van der Waals surface area contributed by atoms with Crippen molar-refractivity contribution < 1.29 is 14.3 Å². The summed E-state index contributed by atoms with van der Waals surface area (Å²) in [7, 11) is 0. The molecule has 0 radical (unpaired) electrons. The monoisotopic (exact) mass is 438 g/mol. The molecule has 1 atom stereocenters. The zero-order valence-corrected chi connectivity index (χ0v) is 19.5. The molecule has 0 bridgehead atoms. The summed E-state index contributed by atoms with van der Waals surface area (Å²) in [6, 6.07) is 12.1. The van der Waals surface area contributed by atoms with Crippen LogP contribution in [0.4, 0.5) is 5.13 Å². The van der Waals surface area contributed by atoms with E-state index in [-0.39, 0.29) is 18.6 Å². The number of carbonyl (C=O) groups excluding carboxylic acids is 1. The summed E-state index contributed by atoms with van der Waals surface area (Å²) in [4.78, 5) is 19.8. The molecule has 5 nitrogen and oxygen atoms in total. The van der Waals surface area contributed by atoms with Gasteiger partial charge in [0.15, 0.2) is 11.7 Å². The van der Waals surface area contributed by atoms with Crippen LogP contribution < -0.4 is 9.64 Å². The predicted molar refractivity (Wildman–Crippen MR) is 126 cm³/mol. The third kappa shape index (κ3) is 4.91. The van der Waals surface area contributed by atoms with Gasteiger partial charge in [0.1, 0.15) is 5.75 Å². The van der Waals surface area contributed by atoms with Gasteiger partial charge in [-0.2, -0.15) is 0 Å². The van der Waals surface area contributed by atoms with Crippen molar-refractivity contribution in [3.63, 3.8) is 0 Å². The Kier molecular flexibility index (Phi) is 6.58. The van der Waals surface area contributed by atoms with E-state index < -0.39 is 0 Å². The molecule has 0 spiro atoms. The standard InChI is InChI=1S/C25H30N2O3S/c1-16(2)19-9-11-20(12-10-19)30-15-22(28)27(14-21-6-5-13-29-21)25-26-23-17(3)7-8-18(4)24(23)31-25/h7-12,16,21H,5-6,13-15H2,1-4H3. The van der Waals surface area contributed by atoms with Gasteiger partial charge in [-0.15, -0.1) is 0 Å². The Hall–Kier alpha value is -2.44. The number of anilines is 1. The van der Waals surface area contributed by atoms with E-state index in [2.05, 4.69) is 39.8 Å². The van der Waals surface area contributed by atoms with Crippen LogP contribution >= 0.6 is 11.3 Å². The van der Waals surface area contributed by atoms with Crippen LogP contribution in [-0.2, 0) is 9.53 Å². The quantitative estimate of drug-likeness (QED) is 0.480. The largest absolute Gasteiger partial charge is 0.484 e. The zero-order valence-electron chi connectivity index (χ0n) is 18.7. The van der Waals surface area contributed by atoms with E-state index in [4.69, 9.17) is 14.5 Å². The van der Waals surface area contributed by atoms with E-state index in [1.807, 2.05) is 24.3 Å². The van der Waals surface area contributed by atoms with Gasteiger partial charge in [-0.05, 0) is 61.4 Å². The minimum atomic E-state index is -0.0993. The van der Waals surface area contributed by atoms with Crippen LogP contribution in [-0.4, -0.2) is 36.8 Å². The molecule has 1 unspecified atom stereocenters. The minimum Gasteiger partial charge on any atom is -0.484 e. The normalized spacial score (nSPS) is 16.2. The van der Waals surface area contributed by atoms with Crippen LogP contribution in [0, 0.1) is 13.8 Å². The lowest BCUT2D eigenvalue weighted by Crippen LogP contribution is -2.40. The second-order valence-electron chi connectivity index (χ2n) is 8.53. The lowest BCUT2D eigenvalue weighted by atomic mass is 10.0. The summed E-state index contributed by atoms with van der Waals surface area (Å²) in [5.41, 5.74) is 4.51. The Morgan fingerprint density at radius 2 is 1.94 bits per heavy atom. The average molecular weight is 439 g/mol. The van der Waals surface area contributed by atoms with E-state index in [1.54, 1.807) is 16.2 Å². The van der Waals surface area contributed by atoms with Gasteiger partial charge >= 0.3 is 0 Å². The smallest absolute Gasteiger partial charge is 0.266 e. The fourth-order valence-electron chi connectivity index (χ4n) is 3.81. The first-order valence-electron chi connectivity index (χ1n) is 10.9. The molecule has 1 fully saturated rings. The summed E-state index contributed by atoms with van der Waals surface area (Å²) < 4.78 is 12.8. The number of benzene rings is 2. The van der Waals surface area contributed by atoms with Crippen molar-refractivity contribution in [1.29, 1.82) is 0 Å². The molecule has 0 saturated carbocycles. The number of amides is 1. The second-order valence-corrected chi connectivity index (χ2v) is 9.50. The molecule has 164 valence electrons. The van der Waals surface area contributed by atoms with Crippen LogP contribution in [0.1, 0.15) is 49.3 Å². The van der Waals surface area contributed by atoms with Gasteiger partial charge < -0.3 is 9.47 Å². The number of carbonyl (C=O) groups is 1. The predicted octanol–water partition coefficient (Wildman–Crippen LogP) is 5.63. The van der Waals surface area contributed by atoms with Gasteiger partial charge in [-0.1, -0.05) is 49.4 Å². The fourth-order valence-corrected chi connectivity index (χ4v) is 4.95. The van der Waals surface area contributed by atoms with Crippen molar-refractivity contribution in [2.24, 2.45) is 0 Å². The number of thiazole rings is 1. The molecule has 1 saturated heterocycles. The van der Waals surface area contributed by atoms with Crippen molar-refractivity contribution in [3.8, 4) is 5.75 Å². The number of hydrogen-bond donors (Lipinski definition) is 0. The van der Waals surface area contributed by atoms with Crippen molar-refractivity contribution in [2.45, 2.75) is 52.6 Å². The summed E-state index contributed by atoms with van der Waals surface area (Å²) in [5, 5.41) is 0.714. The van der Waals surface area contributed by atoms with E-state index in [1.165, 1.54) is 11.1 Å². The fraction of sp³-hybridized carbons (Fsp3) is 0.440. The number of aromatic nitrogens is 1. The van der Waals surface area contributed by atoms with Crippen LogP contribution in [0.3, 0.4) is 0 Å². The first kappa shape index (κ1) is 21.8. The number of aryl methyl sites for hydroxylation is 2. The van der Waals surface area contributed by atoms with Crippen LogP contribution in [0.15, 0.2) is 36.4 Å². The van der Waals surface area contributed by atoms with Gasteiger partial charge in [-0.25, -0.2) is 4.98 Å². The molecule has 1 aliphatic heterocycles. The van der Waals surface area contributed by atoms with Crippen LogP contribution in [0.25, 0.3) is 10.2 Å². The molecule has 1 amide bonds. The number of fused-ring (bicyclic) bond motifs is 1. The van der Waals surface area contributed by atoms with E-state index in [0.717, 1.165) is 35.2 Å². The zero-order chi connectivity index (χ0) is 22.0. The van der Waals surface area contributed by atoms with Gasteiger partial charge in [-0.3, -0.25) is 9.69 Å². The highest BCUT2D eigenvalue weighted by molar-refractivity contribution is 7.22. The topological polar surface area (TPSA) is 51.7 Å². The Labute approximate surface area is 188 Å². The highest BCUT2D eigenvalue weighted by atomic mass is 32.1. The maximum absolute atomic E-state index is 13.2. The Morgan fingerprint density at radius 3 is 2.58 bits per heavy atom. The van der Waals surface area contributed by atoms with E-state index in [9.17, 15) is 4.79 Å². The second kappa shape index (κ2) is 9.37. The summed E-state index contributed by atoms with van der Waals surface area (Å²) >= 11 is 1.57. The third-order valence-corrected chi connectivity index (χ3v) is 7.00. The van der Waals surface area contributed by atoms with Crippen molar-refractivity contribution in [2.75, 3.05) is 24.7 Å². The van der Waals surface area contributed by atoms with Crippen molar-refractivity contribution in [3.05, 3.63) is 53.1 Å². The summed E-state index contributed by atoms with van der Waals surface area (Å²) in [6.07, 6.45) is 2.04. The molecule has 1 aliphatic rings. The van der Waals surface area contributed by atoms with Crippen molar-refractivity contribution in [1.82, 2.24) is 4.98 Å². The van der Waals surface area contributed by atoms with Crippen molar-refractivity contribution >= 4 is 32.6 Å². The highest BCUT2D eigenvalue weighted by Gasteiger charge is 2.27. The highest BCUT2D eigenvalue weighted by Crippen LogP contribution is 2.34. The Morgan fingerprint density at radius 1 is 1.19 bits per heavy atom. The SMILES string of the molecule is Cc1ccc(C)c2sc(N(CC3CCCO3)C(=O)COc3ccc(C(C)C)cc3)nc12. The first-order valence-corrected chi connectivity index (χ1v) is 11.8.